The van der Waals surface area contributed by atoms with Crippen molar-refractivity contribution < 1.29 is 19.3 Å². The Morgan fingerprint density at radius 3 is 2.38 bits per heavy atom. The molecule has 1 unspecified atom stereocenters. The van der Waals surface area contributed by atoms with Crippen LogP contribution in [0.25, 0.3) is 0 Å². The number of rotatable bonds is 11. The van der Waals surface area contributed by atoms with Crippen molar-refractivity contribution in [2.75, 3.05) is 53.7 Å². The van der Waals surface area contributed by atoms with Crippen LogP contribution < -0.4 is 0 Å². The minimum absolute atomic E-state index is 0.266. The van der Waals surface area contributed by atoms with Gasteiger partial charge in [0.1, 0.15) is 12.7 Å². The van der Waals surface area contributed by atoms with Crippen molar-refractivity contribution in [1.29, 1.82) is 0 Å². The normalized spacial score (nSPS) is 12.8. The van der Waals surface area contributed by atoms with Crippen LogP contribution in [0.4, 0.5) is 0 Å². The number of aliphatic hydroxyl groups excluding tert-OH is 1. The first-order chi connectivity index (χ1) is 7.66. The van der Waals surface area contributed by atoms with E-state index in [1.54, 1.807) is 0 Å². The standard InChI is InChI=1S/C11H23NO4/c1-4-14-7-8-16-10-11(13)9-15-6-5-12(2)3/h4,11,13H,1,5-10H2,2-3H3. The molecule has 0 aliphatic heterocycles. The molecule has 0 heterocycles. The maximum Gasteiger partial charge on any atom is 0.111 e. The fourth-order valence-corrected chi connectivity index (χ4v) is 0.924. The van der Waals surface area contributed by atoms with E-state index in [0.717, 1.165) is 6.54 Å². The molecule has 0 rings (SSSR count). The van der Waals surface area contributed by atoms with E-state index in [9.17, 15) is 5.11 Å². The van der Waals surface area contributed by atoms with Crippen LogP contribution in [0.5, 0.6) is 0 Å². The van der Waals surface area contributed by atoms with E-state index in [-0.39, 0.29) is 6.61 Å². The molecule has 1 N–H and O–H groups in total. The van der Waals surface area contributed by atoms with Crippen molar-refractivity contribution in [3.05, 3.63) is 12.8 Å². The van der Waals surface area contributed by atoms with Gasteiger partial charge in [-0.3, -0.25) is 0 Å². The zero-order chi connectivity index (χ0) is 12.2. The molecule has 0 aliphatic rings. The molecule has 0 radical (unpaired) electrons. The van der Waals surface area contributed by atoms with Gasteiger partial charge in [-0.25, -0.2) is 0 Å². The zero-order valence-corrected chi connectivity index (χ0v) is 10.2. The Kier molecular flexibility index (Phi) is 10.5. The van der Waals surface area contributed by atoms with Crippen LogP contribution in [-0.2, 0) is 14.2 Å². The van der Waals surface area contributed by atoms with Crippen LogP contribution in [0.1, 0.15) is 0 Å². The largest absolute Gasteiger partial charge is 0.499 e. The molecule has 0 saturated carbocycles. The summed E-state index contributed by atoms with van der Waals surface area (Å²) in [5.74, 6) is 0. The van der Waals surface area contributed by atoms with Gasteiger partial charge in [0.05, 0.1) is 32.7 Å². The minimum Gasteiger partial charge on any atom is -0.499 e. The highest BCUT2D eigenvalue weighted by Crippen LogP contribution is 1.89. The van der Waals surface area contributed by atoms with Gasteiger partial charge in [0.2, 0.25) is 0 Å². The topological polar surface area (TPSA) is 51.2 Å². The van der Waals surface area contributed by atoms with Crippen molar-refractivity contribution in [3.63, 3.8) is 0 Å². The quantitative estimate of drug-likeness (QED) is 0.405. The van der Waals surface area contributed by atoms with Crippen molar-refractivity contribution in [2.24, 2.45) is 0 Å². The average Bonchev–Trinajstić information content (AvgIpc) is 2.24. The van der Waals surface area contributed by atoms with Crippen molar-refractivity contribution in [3.8, 4) is 0 Å². The molecule has 0 spiro atoms. The van der Waals surface area contributed by atoms with Gasteiger partial charge in [0.25, 0.3) is 0 Å². The maximum absolute atomic E-state index is 9.45. The van der Waals surface area contributed by atoms with E-state index in [1.807, 2.05) is 19.0 Å². The number of ether oxygens (including phenoxy) is 3. The Bertz CT molecular complexity index is 164. The van der Waals surface area contributed by atoms with E-state index in [2.05, 4.69) is 6.58 Å². The second-order valence-electron chi connectivity index (χ2n) is 3.64. The second-order valence-corrected chi connectivity index (χ2v) is 3.64. The van der Waals surface area contributed by atoms with Crippen LogP contribution >= 0.6 is 0 Å². The highest BCUT2D eigenvalue weighted by Gasteiger charge is 2.04. The van der Waals surface area contributed by atoms with E-state index >= 15 is 0 Å². The fourth-order valence-electron chi connectivity index (χ4n) is 0.924. The molecular formula is C11H23NO4. The van der Waals surface area contributed by atoms with Crippen LogP contribution in [0.2, 0.25) is 0 Å². The SMILES string of the molecule is C=COCCOCC(O)COCCN(C)C. The third-order valence-corrected chi connectivity index (χ3v) is 1.77. The smallest absolute Gasteiger partial charge is 0.111 e. The molecule has 0 fully saturated rings. The van der Waals surface area contributed by atoms with E-state index in [1.165, 1.54) is 6.26 Å². The molecule has 16 heavy (non-hydrogen) atoms. The summed E-state index contributed by atoms with van der Waals surface area (Å²) < 4.78 is 15.3. The van der Waals surface area contributed by atoms with Gasteiger partial charge >= 0.3 is 0 Å². The van der Waals surface area contributed by atoms with Gasteiger partial charge in [-0.15, -0.1) is 0 Å². The number of hydrogen-bond acceptors (Lipinski definition) is 5. The Balaban J connectivity index is 3.17. The Labute approximate surface area is 97.6 Å². The summed E-state index contributed by atoms with van der Waals surface area (Å²) in [6, 6.07) is 0. The Morgan fingerprint density at radius 1 is 1.19 bits per heavy atom. The van der Waals surface area contributed by atoms with Crippen molar-refractivity contribution >= 4 is 0 Å². The molecular weight excluding hydrogens is 210 g/mol. The van der Waals surface area contributed by atoms with Crippen molar-refractivity contribution in [1.82, 2.24) is 4.90 Å². The summed E-state index contributed by atoms with van der Waals surface area (Å²) in [5.41, 5.74) is 0. The van der Waals surface area contributed by atoms with Gasteiger partial charge in [-0.1, -0.05) is 6.58 Å². The predicted octanol–water partition coefficient (Wildman–Crippen LogP) is 0.102. The van der Waals surface area contributed by atoms with Crippen LogP contribution in [0.3, 0.4) is 0 Å². The predicted molar refractivity (Wildman–Crippen MR) is 62.3 cm³/mol. The lowest BCUT2D eigenvalue weighted by molar-refractivity contribution is -0.0276. The van der Waals surface area contributed by atoms with Gasteiger partial charge in [-0.05, 0) is 14.1 Å². The van der Waals surface area contributed by atoms with Gasteiger partial charge in [0, 0.05) is 6.54 Å². The van der Waals surface area contributed by atoms with Crippen LogP contribution in [0.15, 0.2) is 12.8 Å². The number of nitrogens with zero attached hydrogens (tertiary/aromatic N) is 1. The summed E-state index contributed by atoms with van der Waals surface area (Å²) >= 11 is 0. The molecule has 0 aromatic heterocycles. The summed E-state index contributed by atoms with van der Waals surface area (Å²) in [5, 5.41) is 9.45. The molecule has 0 amide bonds. The summed E-state index contributed by atoms with van der Waals surface area (Å²) in [4.78, 5) is 2.02. The van der Waals surface area contributed by atoms with Gasteiger partial charge < -0.3 is 24.2 Å². The van der Waals surface area contributed by atoms with E-state index in [0.29, 0.717) is 26.4 Å². The average molecular weight is 233 g/mol. The molecule has 0 aromatic rings. The summed E-state index contributed by atoms with van der Waals surface area (Å²) in [7, 11) is 3.95. The van der Waals surface area contributed by atoms with Crippen LogP contribution in [-0.4, -0.2) is 69.8 Å². The Morgan fingerprint density at radius 2 is 1.81 bits per heavy atom. The Hall–Kier alpha value is -0.620. The monoisotopic (exact) mass is 233 g/mol. The lowest BCUT2D eigenvalue weighted by Crippen LogP contribution is -2.25. The molecule has 5 heteroatoms. The number of aliphatic hydroxyl groups is 1. The van der Waals surface area contributed by atoms with Gasteiger partial charge in [0.15, 0.2) is 0 Å². The highest BCUT2D eigenvalue weighted by molar-refractivity contribution is 4.53. The molecule has 1 atom stereocenters. The molecule has 0 saturated heterocycles. The highest BCUT2D eigenvalue weighted by atomic mass is 16.5. The van der Waals surface area contributed by atoms with E-state index < -0.39 is 6.10 Å². The van der Waals surface area contributed by atoms with Gasteiger partial charge in [-0.2, -0.15) is 0 Å². The lowest BCUT2D eigenvalue weighted by atomic mass is 10.4. The van der Waals surface area contributed by atoms with Crippen LogP contribution in [0, 0.1) is 0 Å². The summed E-state index contributed by atoms with van der Waals surface area (Å²) in [6.45, 7) is 6.34. The maximum atomic E-state index is 9.45. The molecule has 0 bridgehead atoms. The first kappa shape index (κ1) is 15.4. The third-order valence-electron chi connectivity index (χ3n) is 1.77. The minimum atomic E-state index is -0.578. The molecule has 0 aliphatic carbocycles. The zero-order valence-electron chi connectivity index (χ0n) is 10.2. The van der Waals surface area contributed by atoms with E-state index in [4.69, 9.17) is 14.2 Å². The lowest BCUT2D eigenvalue weighted by Gasteiger charge is -2.13. The third kappa shape index (κ3) is 11.5. The molecule has 96 valence electrons. The first-order valence-electron chi connectivity index (χ1n) is 5.37. The number of likely N-dealkylation sites (N-methyl/N-ethyl adjacent to an activating group) is 1. The molecule has 5 nitrogen and oxygen atoms in total. The van der Waals surface area contributed by atoms with Crippen molar-refractivity contribution in [2.45, 2.75) is 6.10 Å². The number of hydrogen-bond donors (Lipinski definition) is 1. The molecule has 0 aromatic carbocycles. The summed E-state index contributed by atoms with van der Waals surface area (Å²) in [6.07, 6.45) is 0.787. The first-order valence-corrected chi connectivity index (χ1v) is 5.37. The fraction of sp³-hybridized carbons (Fsp3) is 0.818. The second kappa shape index (κ2) is 10.9.